The highest BCUT2D eigenvalue weighted by Crippen LogP contribution is 2.25. The number of rotatable bonds is 10. The number of benzene rings is 1. The van der Waals surface area contributed by atoms with Crippen molar-refractivity contribution >= 4 is 18.1 Å². The van der Waals surface area contributed by atoms with Gasteiger partial charge in [-0.05, 0) is 44.0 Å². The Balaban J connectivity index is 1.84. The zero-order chi connectivity index (χ0) is 21.4. The number of nitrogens with two attached hydrogens (primary N) is 1. The Morgan fingerprint density at radius 1 is 1.34 bits per heavy atom. The molecule has 0 saturated carbocycles. The first kappa shape index (κ1) is 22.9. The highest BCUT2D eigenvalue weighted by Gasteiger charge is 2.35. The topological polar surface area (TPSA) is 95.7 Å². The number of likely N-dealkylation sites (tertiary alicyclic amines) is 1. The van der Waals surface area contributed by atoms with Gasteiger partial charge in [0, 0.05) is 25.7 Å². The molecule has 0 radical (unpaired) electrons. The minimum atomic E-state index is -1.14. The van der Waals surface area contributed by atoms with Gasteiger partial charge in [-0.2, -0.15) is 0 Å². The van der Waals surface area contributed by atoms with E-state index in [2.05, 4.69) is 5.32 Å². The van der Waals surface area contributed by atoms with Crippen LogP contribution in [-0.2, 0) is 20.9 Å². The fourth-order valence-corrected chi connectivity index (χ4v) is 3.59. The monoisotopic (exact) mass is 410 g/mol. The average molecular weight is 410 g/mol. The number of hydrogen-bond donors (Lipinski definition) is 2. The number of carbonyl (C=O) groups excluding carboxylic acids is 3. The summed E-state index contributed by atoms with van der Waals surface area (Å²) in [6, 6.07) is 4.84. The maximum absolute atomic E-state index is 13.0. The van der Waals surface area contributed by atoms with E-state index in [0.717, 1.165) is 12.0 Å². The Labute approximate surface area is 169 Å². The summed E-state index contributed by atoms with van der Waals surface area (Å²) < 4.78 is 25.7. The fraction of sp³-hybridized carbons (Fsp3) is 0.550. The van der Waals surface area contributed by atoms with Crippen molar-refractivity contribution in [2.45, 2.75) is 43.9 Å². The van der Waals surface area contributed by atoms with Crippen LogP contribution in [0.25, 0.3) is 0 Å². The molecule has 0 bridgehead atoms. The van der Waals surface area contributed by atoms with Gasteiger partial charge in [0.05, 0.1) is 12.1 Å². The Kier molecular flexibility index (Phi) is 8.66. The highest BCUT2D eigenvalue weighted by molar-refractivity contribution is 5.82. The molecule has 1 aromatic carbocycles. The molecule has 0 aliphatic carbocycles. The first-order valence-corrected chi connectivity index (χ1v) is 9.64. The summed E-state index contributed by atoms with van der Waals surface area (Å²) in [5.74, 6) is -1.14. The van der Waals surface area contributed by atoms with Crippen LogP contribution in [0.3, 0.4) is 0 Å². The summed E-state index contributed by atoms with van der Waals surface area (Å²) in [5.41, 5.74) is 6.37. The van der Waals surface area contributed by atoms with Crippen molar-refractivity contribution in [2.24, 2.45) is 5.73 Å². The molecule has 1 aliphatic rings. The summed E-state index contributed by atoms with van der Waals surface area (Å²) in [4.78, 5) is 38.2. The Morgan fingerprint density at radius 3 is 2.66 bits per heavy atom. The fourth-order valence-electron chi connectivity index (χ4n) is 3.59. The van der Waals surface area contributed by atoms with Gasteiger partial charge in [-0.25, -0.2) is 8.78 Å². The van der Waals surface area contributed by atoms with Gasteiger partial charge in [0.15, 0.2) is 6.67 Å². The standard InChI is InChI=1S/C20H28F2N4O3/c1-25-17(8-9-26(19(28)10-21)12-16(23)13-27)6-7-18(25)20(29)24-11-14-2-4-15(22)5-3-14/h2-5,13,16-18H,6-12,23H2,1H3,(H,24,29)/t16?,17-,18?/m1/s1. The van der Waals surface area contributed by atoms with Gasteiger partial charge in [-0.1, -0.05) is 12.1 Å². The van der Waals surface area contributed by atoms with Crippen molar-refractivity contribution in [3.63, 3.8) is 0 Å². The van der Waals surface area contributed by atoms with Gasteiger partial charge in [0.1, 0.15) is 12.1 Å². The molecule has 2 amide bonds. The summed E-state index contributed by atoms with van der Waals surface area (Å²) >= 11 is 0. The number of aldehydes is 1. The molecule has 1 aliphatic heterocycles. The second-order valence-electron chi connectivity index (χ2n) is 7.32. The van der Waals surface area contributed by atoms with Gasteiger partial charge in [0.2, 0.25) is 5.91 Å². The van der Waals surface area contributed by atoms with Gasteiger partial charge < -0.3 is 20.7 Å². The van der Waals surface area contributed by atoms with E-state index in [1.54, 1.807) is 12.1 Å². The van der Waals surface area contributed by atoms with Crippen molar-refractivity contribution in [3.05, 3.63) is 35.6 Å². The number of nitrogens with zero attached hydrogens (tertiary/aromatic N) is 2. The molecule has 1 heterocycles. The van der Waals surface area contributed by atoms with E-state index in [1.165, 1.54) is 17.0 Å². The van der Waals surface area contributed by atoms with Gasteiger partial charge in [0.25, 0.3) is 5.91 Å². The van der Waals surface area contributed by atoms with Crippen molar-refractivity contribution < 1.29 is 23.2 Å². The van der Waals surface area contributed by atoms with E-state index in [-0.39, 0.29) is 36.9 Å². The van der Waals surface area contributed by atoms with Crippen molar-refractivity contribution in [2.75, 3.05) is 26.8 Å². The van der Waals surface area contributed by atoms with Crippen LogP contribution in [0.2, 0.25) is 0 Å². The first-order chi connectivity index (χ1) is 13.8. The van der Waals surface area contributed by atoms with Crippen LogP contribution >= 0.6 is 0 Å². The van der Waals surface area contributed by atoms with E-state index in [4.69, 9.17) is 5.73 Å². The zero-order valence-electron chi connectivity index (χ0n) is 16.5. The second-order valence-corrected chi connectivity index (χ2v) is 7.32. The van der Waals surface area contributed by atoms with Crippen LogP contribution in [0, 0.1) is 5.82 Å². The third-order valence-electron chi connectivity index (χ3n) is 5.33. The molecule has 9 heteroatoms. The lowest BCUT2D eigenvalue weighted by Gasteiger charge is -2.28. The lowest BCUT2D eigenvalue weighted by molar-refractivity contribution is -0.133. The normalized spacial score (nSPS) is 20.3. The van der Waals surface area contributed by atoms with Crippen molar-refractivity contribution in [1.29, 1.82) is 0 Å². The maximum atomic E-state index is 13.0. The van der Waals surface area contributed by atoms with Crippen LogP contribution in [0.4, 0.5) is 8.78 Å². The molecule has 1 saturated heterocycles. The number of halogens is 2. The van der Waals surface area contributed by atoms with Crippen LogP contribution in [-0.4, -0.2) is 72.8 Å². The maximum Gasteiger partial charge on any atom is 0.254 e. The van der Waals surface area contributed by atoms with E-state index >= 15 is 0 Å². The predicted octanol–water partition coefficient (Wildman–Crippen LogP) is 0.619. The van der Waals surface area contributed by atoms with E-state index in [1.807, 2.05) is 11.9 Å². The van der Waals surface area contributed by atoms with Crippen LogP contribution < -0.4 is 11.1 Å². The molecule has 1 aromatic rings. The largest absolute Gasteiger partial charge is 0.351 e. The van der Waals surface area contributed by atoms with Crippen LogP contribution in [0.5, 0.6) is 0 Å². The Hall–Kier alpha value is -2.39. The van der Waals surface area contributed by atoms with Gasteiger partial charge >= 0.3 is 0 Å². The molecule has 2 rings (SSSR count). The number of hydrogen-bond acceptors (Lipinski definition) is 5. The average Bonchev–Trinajstić information content (AvgIpc) is 3.10. The molecule has 0 aromatic heterocycles. The molecule has 1 fully saturated rings. The summed E-state index contributed by atoms with van der Waals surface area (Å²) in [6.45, 7) is -0.579. The number of alkyl halides is 1. The minimum absolute atomic E-state index is 0.0235. The second kappa shape index (κ2) is 11.0. The number of likely N-dealkylation sites (N-methyl/N-ethyl adjacent to an activating group) is 1. The predicted molar refractivity (Wildman–Crippen MR) is 104 cm³/mol. The Morgan fingerprint density at radius 2 is 2.03 bits per heavy atom. The van der Waals surface area contributed by atoms with Crippen LogP contribution in [0.1, 0.15) is 24.8 Å². The summed E-state index contributed by atoms with van der Waals surface area (Å²) in [5, 5.41) is 2.86. The molecular weight excluding hydrogens is 382 g/mol. The highest BCUT2D eigenvalue weighted by atomic mass is 19.1. The molecule has 160 valence electrons. The van der Waals surface area contributed by atoms with Crippen molar-refractivity contribution in [3.8, 4) is 0 Å². The SMILES string of the molecule is CN1C(C(=O)NCc2ccc(F)cc2)CC[C@@H]1CCN(CC(N)C=O)C(=O)CF. The van der Waals surface area contributed by atoms with Crippen LogP contribution in [0.15, 0.2) is 24.3 Å². The van der Waals surface area contributed by atoms with Gasteiger partial charge in [-0.15, -0.1) is 0 Å². The Bertz CT molecular complexity index is 701. The zero-order valence-corrected chi connectivity index (χ0v) is 16.5. The number of amides is 2. The quantitative estimate of drug-likeness (QED) is 0.552. The third-order valence-corrected chi connectivity index (χ3v) is 5.33. The third kappa shape index (κ3) is 6.57. The first-order valence-electron chi connectivity index (χ1n) is 9.64. The molecule has 3 atom stereocenters. The minimum Gasteiger partial charge on any atom is -0.351 e. The molecule has 29 heavy (non-hydrogen) atoms. The van der Waals surface area contributed by atoms with Gasteiger partial charge in [-0.3, -0.25) is 14.5 Å². The summed E-state index contributed by atoms with van der Waals surface area (Å²) in [6.07, 6.45) is 2.51. The molecular formula is C20H28F2N4O3. The molecule has 0 spiro atoms. The number of carbonyl (C=O) groups is 3. The van der Waals surface area contributed by atoms with E-state index in [9.17, 15) is 23.2 Å². The van der Waals surface area contributed by atoms with Crippen molar-refractivity contribution in [1.82, 2.24) is 15.1 Å². The lowest BCUT2D eigenvalue weighted by atomic mass is 10.1. The lowest BCUT2D eigenvalue weighted by Crippen LogP contribution is -2.46. The molecule has 7 nitrogen and oxygen atoms in total. The smallest absolute Gasteiger partial charge is 0.254 e. The molecule has 3 N–H and O–H groups in total. The molecule has 2 unspecified atom stereocenters. The number of nitrogens with one attached hydrogen (secondary N) is 1. The van der Waals surface area contributed by atoms with E-state index in [0.29, 0.717) is 25.7 Å². The van der Waals surface area contributed by atoms with E-state index < -0.39 is 18.6 Å². The summed E-state index contributed by atoms with van der Waals surface area (Å²) in [7, 11) is 1.85.